The van der Waals surface area contributed by atoms with Gasteiger partial charge in [0.2, 0.25) is 0 Å². The fourth-order valence-electron chi connectivity index (χ4n) is 3.71. The summed E-state index contributed by atoms with van der Waals surface area (Å²) in [4.78, 5) is 29.2. The topological polar surface area (TPSA) is 81.4 Å². The number of aliphatic hydroxyl groups is 1. The van der Waals surface area contributed by atoms with Crippen LogP contribution in [0.15, 0.2) is 16.9 Å². The highest BCUT2D eigenvalue weighted by atomic mass is 19.4. The molecule has 0 bridgehead atoms. The lowest BCUT2D eigenvalue weighted by molar-refractivity contribution is -0.175. The minimum Gasteiger partial charge on any atom is -0.396 e. The summed E-state index contributed by atoms with van der Waals surface area (Å²) < 4.78 is 44.8. The summed E-state index contributed by atoms with van der Waals surface area (Å²) in [7, 11) is 0. The minimum absolute atomic E-state index is 0.0199. The second kappa shape index (κ2) is 8.39. The summed E-state index contributed by atoms with van der Waals surface area (Å²) in [6.45, 7) is 2.30. The van der Waals surface area contributed by atoms with Gasteiger partial charge in [0.25, 0.3) is 5.56 Å². The molecule has 160 valence electrons. The third kappa shape index (κ3) is 4.95. The van der Waals surface area contributed by atoms with Gasteiger partial charge in [-0.3, -0.25) is 14.2 Å². The number of nitrogens with zero attached hydrogens (tertiary/aromatic N) is 2. The van der Waals surface area contributed by atoms with Gasteiger partial charge >= 0.3 is 6.18 Å². The van der Waals surface area contributed by atoms with Crippen molar-refractivity contribution in [3.63, 3.8) is 0 Å². The number of hydrogen-bond acceptors (Lipinski definition) is 5. The Bertz CT molecular complexity index is 851. The highest BCUT2D eigenvalue weighted by Crippen LogP contribution is 2.38. The van der Waals surface area contributed by atoms with Crippen LogP contribution in [0.2, 0.25) is 0 Å². The second-order valence-corrected chi connectivity index (χ2v) is 8.04. The van der Waals surface area contributed by atoms with Gasteiger partial charge in [-0.1, -0.05) is 6.08 Å². The minimum atomic E-state index is -4.21. The molecule has 0 amide bonds. The lowest BCUT2D eigenvalue weighted by Gasteiger charge is -2.39. The highest BCUT2D eigenvalue weighted by molar-refractivity contribution is 5.78. The zero-order valence-electron chi connectivity index (χ0n) is 16.3. The van der Waals surface area contributed by atoms with Crippen molar-refractivity contribution in [1.82, 2.24) is 9.55 Å². The van der Waals surface area contributed by atoms with Crippen LogP contribution >= 0.6 is 0 Å². The molecule has 1 aromatic rings. The maximum absolute atomic E-state index is 12.8. The van der Waals surface area contributed by atoms with Crippen molar-refractivity contribution in [1.29, 1.82) is 0 Å². The summed E-state index contributed by atoms with van der Waals surface area (Å²) in [5.41, 5.74) is 0.254. The van der Waals surface area contributed by atoms with Crippen molar-refractivity contribution in [3.8, 4) is 0 Å². The van der Waals surface area contributed by atoms with E-state index in [0.717, 1.165) is 0 Å². The van der Waals surface area contributed by atoms with Crippen LogP contribution in [0.4, 0.5) is 13.2 Å². The van der Waals surface area contributed by atoms with E-state index in [1.54, 1.807) is 6.92 Å². The van der Waals surface area contributed by atoms with E-state index in [-0.39, 0.29) is 50.0 Å². The Morgan fingerprint density at radius 3 is 2.62 bits per heavy atom. The molecule has 3 rings (SSSR count). The first-order valence-electron chi connectivity index (χ1n) is 9.68. The molecular formula is C20H25F3N2O4. The van der Waals surface area contributed by atoms with Gasteiger partial charge in [0, 0.05) is 17.9 Å². The number of carbonyl (C=O) groups excluding carboxylic acids is 1. The molecular weight excluding hydrogens is 389 g/mol. The van der Waals surface area contributed by atoms with Gasteiger partial charge in [0.15, 0.2) is 5.78 Å². The van der Waals surface area contributed by atoms with Crippen LogP contribution in [-0.4, -0.2) is 46.4 Å². The number of hydrogen-bond donors (Lipinski definition) is 1. The number of aliphatic hydroxyl groups excluding tert-OH is 1. The zero-order valence-corrected chi connectivity index (χ0v) is 16.3. The van der Waals surface area contributed by atoms with Crippen LogP contribution in [0, 0.1) is 18.3 Å². The van der Waals surface area contributed by atoms with Gasteiger partial charge in [-0.25, -0.2) is 4.98 Å². The molecule has 0 radical (unpaired) electrons. The van der Waals surface area contributed by atoms with Gasteiger partial charge in [-0.2, -0.15) is 13.2 Å². The molecule has 0 saturated carbocycles. The first kappa shape index (κ1) is 21.7. The molecule has 1 unspecified atom stereocenters. The molecule has 1 N–H and O–H groups in total. The predicted octanol–water partition coefficient (Wildman–Crippen LogP) is 2.66. The summed E-state index contributed by atoms with van der Waals surface area (Å²) in [5, 5.41) is 9.42. The Hall–Kier alpha value is -2.00. The number of alkyl halides is 3. The smallest absolute Gasteiger partial charge is 0.392 e. The van der Waals surface area contributed by atoms with Gasteiger partial charge in [-0.15, -0.1) is 0 Å². The SMILES string of the molecule is Cc1nc(C2=CCC(C(F)(F)F)CC2)cc(=O)n1CC(=O)CCC1(CO)COC1. The van der Waals surface area contributed by atoms with Crippen molar-refractivity contribution in [2.75, 3.05) is 19.8 Å². The lowest BCUT2D eigenvalue weighted by atomic mass is 9.81. The van der Waals surface area contributed by atoms with Gasteiger partial charge in [0.1, 0.15) is 5.82 Å². The summed E-state index contributed by atoms with van der Waals surface area (Å²) in [5.74, 6) is -1.15. The van der Waals surface area contributed by atoms with Gasteiger partial charge in [0.05, 0.1) is 38.0 Å². The zero-order chi connectivity index (χ0) is 21.2. The van der Waals surface area contributed by atoms with E-state index in [9.17, 15) is 27.9 Å². The molecule has 0 aromatic carbocycles. The Kier molecular flexibility index (Phi) is 6.28. The van der Waals surface area contributed by atoms with E-state index in [4.69, 9.17) is 4.74 Å². The van der Waals surface area contributed by atoms with Gasteiger partial charge < -0.3 is 9.84 Å². The highest BCUT2D eigenvalue weighted by Gasteiger charge is 2.40. The number of rotatable bonds is 7. The van der Waals surface area contributed by atoms with Crippen LogP contribution in [0.25, 0.3) is 5.57 Å². The fourth-order valence-corrected chi connectivity index (χ4v) is 3.71. The molecule has 1 aromatic heterocycles. The van der Waals surface area contributed by atoms with Crippen LogP contribution in [-0.2, 0) is 16.1 Å². The third-order valence-corrected chi connectivity index (χ3v) is 5.82. The number of allylic oxidation sites excluding steroid dienone is 2. The van der Waals surface area contributed by atoms with E-state index in [0.29, 0.717) is 36.7 Å². The quantitative estimate of drug-likeness (QED) is 0.742. The number of aryl methyl sites for hydroxylation is 1. The molecule has 0 spiro atoms. The molecule has 29 heavy (non-hydrogen) atoms. The lowest BCUT2D eigenvalue weighted by Crippen LogP contribution is -2.46. The largest absolute Gasteiger partial charge is 0.396 e. The summed E-state index contributed by atoms with van der Waals surface area (Å²) in [6.07, 6.45) is -1.91. The molecule has 9 heteroatoms. The molecule has 6 nitrogen and oxygen atoms in total. The maximum atomic E-state index is 12.8. The van der Waals surface area contributed by atoms with Crippen molar-refractivity contribution < 1.29 is 27.8 Å². The average Bonchev–Trinajstić information content (AvgIpc) is 2.63. The Morgan fingerprint density at radius 1 is 1.41 bits per heavy atom. The van der Waals surface area contributed by atoms with Crippen LogP contribution in [0.3, 0.4) is 0 Å². The standard InChI is InChI=1S/C20H25F3N2O4/c1-13-24-17(14-2-4-15(5-3-14)20(21,22)23)8-18(28)25(13)9-16(27)6-7-19(10-26)11-29-12-19/h2,8,15,26H,3-7,9-12H2,1H3. The summed E-state index contributed by atoms with van der Waals surface area (Å²) >= 11 is 0. The Labute approximate surface area is 166 Å². The van der Waals surface area contributed by atoms with E-state index in [2.05, 4.69) is 4.98 Å². The molecule has 1 saturated heterocycles. The fraction of sp³-hybridized carbons (Fsp3) is 0.650. The van der Waals surface area contributed by atoms with Gasteiger partial charge in [-0.05, 0) is 38.2 Å². The summed E-state index contributed by atoms with van der Waals surface area (Å²) in [6, 6.07) is 1.29. The number of halogens is 3. The number of aromatic nitrogens is 2. The molecule has 1 aliphatic heterocycles. The monoisotopic (exact) mass is 414 g/mol. The molecule has 1 aliphatic carbocycles. The van der Waals surface area contributed by atoms with E-state index in [1.807, 2.05) is 0 Å². The average molecular weight is 414 g/mol. The van der Waals surface area contributed by atoms with Crippen LogP contribution in [0.1, 0.15) is 43.6 Å². The normalized spacial score (nSPS) is 21.4. The van der Waals surface area contributed by atoms with Crippen molar-refractivity contribution in [2.45, 2.75) is 51.7 Å². The van der Waals surface area contributed by atoms with Crippen molar-refractivity contribution >= 4 is 11.4 Å². The molecule has 2 aliphatic rings. The number of ether oxygens (including phenoxy) is 1. The number of ketones is 1. The van der Waals surface area contributed by atoms with Crippen molar-refractivity contribution in [3.05, 3.63) is 34.0 Å². The van der Waals surface area contributed by atoms with Crippen LogP contribution < -0.4 is 5.56 Å². The van der Waals surface area contributed by atoms with E-state index >= 15 is 0 Å². The van der Waals surface area contributed by atoms with E-state index < -0.39 is 17.7 Å². The van der Waals surface area contributed by atoms with E-state index in [1.165, 1.54) is 16.7 Å². The number of Topliss-reactive ketones (excluding diaryl/α,β-unsaturated/α-hetero) is 1. The first-order valence-corrected chi connectivity index (χ1v) is 9.68. The first-order chi connectivity index (χ1) is 13.6. The molecule has 2 heterocycles. The molecule has 1 fully saturated rings. The Morgan fingerprint density at radius 2 is 2.14 bits per heavy atom. The van der Waals surface area contributed by atoms with Crippen LogP contribution in [0.5, 0.6) is 0 Å². The Balaban J connectivity index is 1.66. The van der Waals surface area contributed by atoms with Crippen molar-refractivity contribution in [2.24, 2.45) is 11.3 Å². The number of carbonyl (C=O) groups is 1. The third-order valence-electron chi connectivity index (χ3n) is 5.82. The second-order valence-electron chi connectivity index (χ2n) is 8.04. The molecule has 1 atom stereocenters. The predicted molar refractivity (Wildman–Crippen MR) is 99.2 cm³/mol. The maximum Gasteiger partial charge on any atom is 0.392 e.